The topological polar surface area (TPSA) is 70.3 Å². The minimum atomic E-state index is -0.755. The molecule has 0 aliphatic rings. The molecular formula is C13H14FN3O2. The van der Waals surface area contributed by atoms with Gasteiger partial charge in [0.15, 0.2) is 0 Å². The molecule has 0 spiro atoms. The monoisotopic (exact) mass is 263 g/mol. The minimum Gasteiger partial charge on any atom is -0.480 e. The number of hydrogen-bond acceptors (Lipinski definition) is 5. The number of rotatable bonds is 4. The third kappa shape index (κ3) is 2.63. The number of hydrogen-bond donors (Lipinski definition) is 1. The first kappa shape index (κ1) is 13.2. The molecule has 1 atom stereocenters. The molecular weight excluding hydrogens is 249 g/mol. The highest BCUT2D eigenvalue weighted by atomic mass is 19.1. The second-order valence-corrected chi connectivity index (χ2v) is 3.81. The van der Waals surface area contributed by atoms with Crippen molar-refractivity contribution in [3.8, 4) is 11.8 Å². The Balaban J connectivity index is 2.44. The van der Waals surface area contributed by atoms with Gasteiger partial charge in [0.25, 0.3) is 0 Å². The Morgan fingerprint density at radius 2 is 1.95 bits per heavy atom. The van der Waals surface area contributed by atoms with E-state index in [1.54, 1.807) is 18.2 Å². The fraction of sp³-hybridized carbons (Fsp3) is 0.231. The lowest BCUT2D eigenvalue weighted by Gasteiger charge is -2.15. The summed E-state index contributed by atoms with van der Waals surface area (Å²) in [5, 5.41) is 0. The van der Waals surface area contributed by atoms with Gasteiger partial charge in [0, 0.05) is 5.56 Å². The molecule has 0 bridgehead atoms. The van der Waals surface area contributed by atoms with E-state index in [9.17, 15) is 4.39 Å². The van der Waals surface area contributed by atoms with Crippen LogP contribution in [0.5, 0.6) is 11.8 Å². The van der Waals surface area contributed by atoms with E-state index in [2.05, 4.69) is 9.97 Å². The predicted molar refractivity (Wildman–Crippen MR) is 67.6 cm³/mol. The second kappa shape index (κ2) is 5.62. The summed E-state index contributed by atoms with van der Waals surface area (Å²) in [4.78, 5) is 8.21. The quantitative estimate of drug-likeness (QED) is 0.908. The molecule has 0 fully saturated rings. The van der Waals surface area contributed by atoms with E-state index in [1.807, 2.05) is 0 Å². The molecule has 0 amide bonds. The number of methoxy groups -OCH3 is 2. The summed E-state index contributed by atoms with van der Waals surface area (Å²) in [7, 11) is 2.92. The SMILES string of the molecule is COc1cnc(C(N)c2ccccc2F)c(OC)n1. The van der Waals surface area contributed by atoms with Gasteiger partial charge in [-0.1, -0.05) is 18.2 Å². The van der Waals surface area contributed by atoms with Gasteiger partial charge in [0.05, 0.1) is 26.5 Å². The van der Waals surface area contributed by atoms with Crippen molar-refractivity contribution in [2.24, 2.45) is 5.73 Å². The predicted octanol–water partition coefficient (Wildman–Crippen LogP) is 1.68. The highest BCUT2D eigenvalue weighted by Gasteiger charge is 2.20. The summed E-state index contributed by atoms with van der Waals surface area (Å²) >= 11 is 0. The smallest absolute Gasteiger partial charge is 0.240 e. The molecule has 0 saturated carbocycles. The van der Waals surface area contributed by atoms with Crippen LogP contribution in [-0.4, -0.2) is 24.2 Å². The highest BCUT2D eigenvalue weighted by molar-refractivity contribution is 5.34. The van der Waals surface area contributed by atoms with Gasteiger partial charge < -0.3 is 15.2 Å². The maximum atomic E-state index is 13.7. The fourth-order valence-electron chi connectivity index (χ4n) is 1.70. The average Bonchev–Trinajstić information content (AvgIpc) is 2.46. The van der Waals surface area contributed by atoms with E-state index in [0.717, 1.165) is 0 Å². The first-order valence-electron chi connectivity index (χ1n) is 5.62. The summed E-state index contributed by atoms with van der Waals surface area (Å²) in [6, 6.07) is 5.50. The Labute approximate surface area is 110 Å². The lowest BCUT2D eigenvalue weighted by molar-refractivity contribution is 0.355. The first-order chi connectivity index (χ1) is 9.17. The maximum Gasteiger partial charge on any atom is 0.240 e. The van der Waals surface area contributed by atoms with E-state index in [0.29, 0.717) is 17.1 Å². The van der Waals surface area contributed by atoms with Crippen molar-refractivity contribution in [1.82, 2.24) is 9.97 Å². The second-order valence-electron chi connectivity index (χ2n) is 3.81. The summed E-state index contributed by atoms with van der Waals surface area (Å²) in [6.07, 6.45) is 1.42. The molecule has 0 aliphatic heterocycles. The average molecular weight is 263 g/mol. The Kier molecular flexibility index (Phi) is 3.91. The molecule has 100 valence electrons. The van der Waals surface area contributed by atoms with Crippen LogP contribution in [0, 0.1) is 5.82 Å². The van der Waals surface area contributed by atoms with E-state index in [4.69, 9.17) is 15.2 Å². The number of benzene rings is 1. The van der Waals surface area contributed by atoms with Crippen LogP contribution in [0.25, 0.3) is 0 Å². The first-order valence-corrected chi connectivity index (χ1v) is 5.62. The minimum absolute atomic E-state index is 0.218. The Morgan fingerprint density at radius 1 is 1.21 bits per heavy atom. The third-order valence-electron chi connectivity index (χ3n) is 2.68. The summed E-state index contributed by atoms with van der Waals surface area (Å²) < 4.78 is 23.8. The van der Waals surface area contributed by atoms with Gasteiger partial charge in [-0.25, -0.2) is 9.37 Å². The summed E-state index contributed by atoms with van der Waals surface area (Å²) in [5.41, 5.74) is 6.71. The largest absolute Gasteiger partial charge is 0.480 e. The van der Waals surface area contributed by atoms with Gasteiger partial charge >= 0.3 is 0 Å². The van der Waals surface area contributed by atoms with Crippen LogP contribution in [0.15, 0.2) is 30.5 Å². The van der Waals surface area contributed by atoms with Crippen molar-refractivity contribution in [3.63, 3.8) is 0 Å². The van der Waals surface area contributed by atoms with Gasteiger partial charge in [-0.15, -0.1) is 0 Å². The molecule has 6 heteroatoms. The molecule has 0 saturated heterocycles. The molecule has 2 N–H and O–H groups in total. The Morgan fingerprint density at radius 3 is 2.58 bits per heavy atom. The van der Waals surface area contributed by atoms with Crippen molar-refractivity contribution in [2.75, 3.05) is 14.2 Å². The van der Waals surface area contributed by atoms with Crippen LogP contribution >= 0.6 is 0 Å². The van der Waals surface area contributed by atoms with Gasteiger partial charge in [-0.3, -0.25) is 0 Å². The van der Waals surface area contributed by atoms with Crippen molar-refractivity contribution in [2.45, 2.75) is 6.04 Å². The molecule has 1 aromatic heterocycles. The molecule has 0 radical (unpaired) electrons. The molecule has 1 aromatic carbocycles. The van der Waals surface area contributed by atoms with Crippen molar-refractivity contribution < 1.29 is 13.9 Å². The Bertz CT molecular complexity index is 578. The fourth-order valence-corrected chi connectivity index (χ4v) is 1.70. The normalized spacial score (nSPS) is 12.0. The number of ether oxygens (including phenoxy) is 2. The van der Waals surface area contributed by atoms with Crippen LogP contribution < -0.4 is 15.2 Å². The van der Waals surface area contributed by atoms with E-state index < -0.39 is 11.9 Å². The number of halogens is 1. The molecule has 2 rings (SSSR count). The van der Waals surface area contributed by atoms with Gasteiger partial charge in [0.2, 0.25) is 11.8 Å². The molecule has 0 aliphatic carbocycles. The lowest BCUT2D eigenvalue weighted by Crippen LogP contribution is -2.17. The number of nitrogens with zero attached hydrogens (tertiary/aromatic N) is 2. The maximum absolute atomic E-state index is 13.7. The van der Waals surface area contributed by atoms with E-state index in [1.165, 1.54) is 26.5 Å². The molecule has 1 unspecified atom stereocenters. The highest BCUT2D eigenvalue weighted by Crippen LogP contribution is 2.27. The van der Waals surface area contributed by atoms with Crippen LogP contribution in [-0.2, 0) is 0 Å². The Hall–Kier alpha value is -2.21. The zero-order valence-electron chi connectivity index (χ0n) is 10.6. The van der Waals surface area contributed by atoms with Crippen molar-refractivity contribution in [1.29, 1.82) is 0 Å². The number of nitrogens with two attached hydrogens (primary N) is 1. The zero-order valence-corrected chi connectivity index (χ0v) is 10.6. The standard InChI is InChI=1S/C13H14FN3O2/c1-18-10-7-16-12(13(17-10)19-2)11(15)8-5-3-4-6-9(8)14/h3-7,11H,15H2,1-2H3. The molecule has 19 heavy (non-hydrogen) atoms. The van der Waals surface area contributed by atoms with Gasteiger partial charge in [-0.2, -0.15) is 4.98 Å². The molecule has 1 heterocycles. The van der Waals surface area contributed by atoms with Gasteiger partial charge in [0.1, 0.15) is 11.5 Å². The van der Waals surface area contributed by atoms with E-state index in [-0.39, 0.29) is 5.88 Å². The van der Waals surface area contributed by atoms with Crippen LogP contribution in [0.3, 0.4) is 0 Å². The van der Waals surface area contributed by atoms with Crippen LogP contribution in [0.4, 0.5) is 4.39 Å². The van der Waals surface area contributed by atoms with E-state index >= 15 is 0 Å². The molecule has 2 aromatic rings. The molecule has 5 nitrogen and oxygen atoms in total. The third-order valence-corrected chi connectivity index (χ3v) is 2.68. The van der Waals surface area contributed by atoms with Crippen molar-refractivity contribution in [3.05, 3.63) is 47.5 Å². The van der Waals surface area contributed by atoms with Crippen LogP contribution in [0.1, 0.15) is 17.3 Å². The zero-order chi connectivity index (χ0) is 13.8. The van der Waals surface area contributed by atoms with Crippen molar-refractivity contribution >= 4 is 0 Å². The van der Waals surface area contributed by atoms with Gasteiger partial charge in [-0.05, 0) is 6.07 Å². The van der Waals surface area contributed by atoms with Crippen LogP contribution in [0.2, 0.25) is 0 Å². The summed E-state index contributed by atoms with van der Waals surface area (Å²) in [6.45, 7) is 0. The number of aromatic nitrogens is 2. The summed E-state index contributed by atoms with van der Waals surface area (Å²) in [5.74, 6) is 0.131. The lowest BCUT2D eigenvalue weighted by atomic mass is 10.0.